The van der Waals surface area contributed by atoms with Gasteiger partial charge in [-0.3, -0.25) is 10.1 Å². The summed E-state index contributed by atoms with van der Waals surface area (Å²) in [7, 11) is 0. The number of hydrogen-bond acceptors (Lipinski definition) is 5. The van der Waals surface area contributed by atoms with Crippen LogP contribution in [0.1, 0.15) is 67.6 Å². The molecule has 186 valence electrons. The highest BCUT2D eigenvalue weighted by molar-refractivity contribution is 6.04. The van der Waals surface area contributed by atoms with Gasteiger partial charge in [0.25, 0.3) is 5.91 Å². The molecule has 1 aliphatic rings. The Balaban J connectivity index is 1.75. The van der Waals surface area contributed by atoms with Crippen molar-refractivity contribution in [2.45, 2.75) is 65.2 Å². The first-order valence-corrected chi connectivity index (χ1v) is 12.1. The van der Waals surface area contributed by atoms with Crippen molar-refractivity contribution < 1.29 is 19.4 Å². The Morgan fingerprint density at radius 1 is 1.17 bits per heavy atom. The van der Waals surface area contributed by atoms with E-state index in [4.69, 9.17) is 9.72 Å². The summed E-state index contributed by atoms with van der Waals surface area (Å²) < 4.78 is 7.71. The van der Waals surface area contributed by atoms with Gasteiger partial charge in [0.05, 0.1) is 23.7 Å². The molecule has 1 aliphatic heterocycles. The van der Waals surface area contributed by atoms with E-state index in [0.717, 1.165) is 35.9 Å². The summed E-state index contributed by atoms with van der Waals surface area (Å²) in [4.78, 5) is 32.5. The Hall–Kier alpha value is -3.39. The number of carbonyl (C=O) groups excluding carboxylic acids is 2. The Morgan fingerprint density at radius 3 is 2.60 bits per heavy atom. The molecule has 0 radical (unpaired) electrons. The van der Waals surface area contributed by atoms with E-state index >= 15 is 0 Å². The normalized spacial score (nSPS) is 16.7. The molecule has 8 heteroatoms. The standard InChI is InChI=1S/C27H34N4O4/c1-18-14-19(17-32)15-22-23(18)31(25(28-22)29-24(33)20-10-6-5-7-11-20)21-12-8-9-13-30(16-21)26(34)35-27(2,3)4/h5-7,10-11,14-15,21,32H,8-9,12-13,16-17H2,1-4H3,(H,28,29,33)/t21-/m1/s1. The van der Waals surface area contributed by atoms with Crippen LogP contribution in [0.2, 0.25) is 0 Å². The third-order valence-corrected chi connectivity index (χ3v) is 6.14. The molecule has 3 aromatic rings. The maximum absolute atomic E-state index is 13.0. The van der Waals surface area contributed by atoms with Gasteiger partial charge < -0.3 is 19.3 Å². The summed E-state index contributed by atoms with van der Waals surface area (Å²) in [5.74, 6) is 0.183. The van der Waals surface area contributed by atoms with Crippen LogP contribution in [0.15, 0.2) is 42.5 Å². The zero-order chi connectivity index (χ0) is 25.2. The van der Waals surface area contributed by atoms with Crippen LogP contribution in [0.25, 0.3) is 11.0 Å². The molecule has 2 aromatic carbocycles. The third-order valence-electron chi connectivity index (χ3n) is 6.14. The monoisotopic (exact) mass is 478 g/mol. The molecule has 8 nitrogen and oxygen atoms in total. The first kappa shape index (κ1) is 24.7. The summed E-state index contributed by atoms with van der Waals surface area (Å²) >= 11 is 0. The van der Waals surface area contributed by atoms with E-state index in [1.165, 1.54) is 0 Å². The number of anilines is 1. The molecule has 0 spiro atoms. The number of hydrogen-bond donors (Lipinski definition) is 2. The van der Waals surface area contributed by atoms with Crippen molar-refractivity contribution in [3.05, 3.63) is 59.2 Å². The number of imidazole rings is 1. The largest absolute Gasteiger partial charge is 0.444 e. The fourth-order valence-electron chi connectivity index (χ4n) is 4.63. The number of fused-ring (bicyclic) bond motifs is 1. The number of aliphatic hydroxyl groups excluding tert-OH is 1. The van der Waals surface area contributed by atoms with E-state index in [9.17, 15) is 14.7 Å². The Bertz CT molecular complexity index is 1210. The van der Waals surface area contributed by atoms with Gasteiger partial charge in [-0.15, -0.1) is 0 Å². The topological polar surface area (TPSA) is 96.7 Å². The molecule has 0 saturated carbocycles. The molecule has 4 rings (SSSR count). The minimum Gasteiger partial charge on any atom is -0.444 e. The number of amides is 2. The predicted molar refractivity (Wildman–Crippen MR) is 135 cm³/mol. The number of likely N-dealkylation sites (tertiary alicyclic amines) is 1. The molecular formula is C27H34N4O4. The average molecular weight is 479 g/mol. The van der Waals surface area contributed by atoms with Gasteiger partial charge in [0.1, 0.15) is 5.60 Å². The first-order valence-electron chi connectivity index (χ1n) is 12.1. The summed E-state index contributed by atoms with van der Waals surface area (Å²) in [6, 6.07) is 12.7. The second kappa shape index (κ2) is 10.1. The lowest BCUT2D eigenvalue weighted by molar-refractivity contribution is 0.0238. The van der Waals surface area contributed by atoms with Gasteiger partial charge in [-0.1, -0.05) is 24.3 Å². The number of nitrogens with one attached hydrogen (secondary N) is 1. The smallest absolute Gasteiger partial charge is 0.410 e. The van der Waals surface area contributed by atoms with Gasteiger partial charge in [-0.25, -0.2) is 9.78 Å². The zero-order valence-corrected chi connectivity index (χ0v) is 20.9. The van der Waals surface area contributed by atoms with E-state index in [1.807, 2.05) is 58.0 Å². The predicted octanol–water partition coefficient (Wildman–Crippen LogP) is 5.05. The van der Waals surface area contributed by atoms with Crippen molar-refractivity contribution in [3.8, 4) is 0 Å². The van der Waals surface area contributed by atoms with Gasteiger partial charge in [-0.05, 0) is 76.3 Å². The van der Waals surface area contributed by atoms with Crippen LogP contribution < -0.4 is 5.32 Å². The van der Waals surface area contributed by atoms with Crippen LogP contribution in [0.3, 0.4) is 0 Å². The Kier molecular flexibility index (Phi) is 7.12. The van der Waals surface area contributed by atoms with E-state index in [0.29, 0.717) is 30.1 Å². The van der Waals surface area contributed by atoms with E-state index in [1.54, 1.807) is 17.0 Å². The van der Waals surface area contributed by atoms with Crippen LogP contribution in [0, 0.1) is 6.92 Å². The molecule has 2 N–H and O–H groups in total. The maximum Gasteiger partial charge on any atom is 0.410 e. The SMILES string of the molecule is Cc1cc(CO)cc2nc(NC(=O)c3ccccc3)n([C@@H]3CCCCN(C(=O)OC(C)(C)C)C3)c12. The lowest BCUT2D eigenvalue weighted by Gasteiger charge is -2.29. The highest BCUT2D eigenvalue weighted by atomic mass is 16.6. The van der Waals surface area contributed by atoms with Crippen molar-refractivity contribution in [2.24, 2.45) is 0 Å². The number of aliphatic hydroxyl groups is 1. The molecule has 35 heavy (non-hydrogen) atoms. The number of aromatic nitrogens is 2. The van der Waals surface area contributed by atoms with Crippen molar-refractivity contribution in [1.29, 1.82) is 0 Å². The average Bonchev–Trinajstić information content (AvgIpc) is 2.99. The van der Waals surface area contributed by atoms with Crippen molar-refractivity contribution >= 4 is 29.0 Å². The molecule has 2 heterocycles. The molecule has 1 fully saturated rings. The third kappa shape index (κ3) is 5.65. The summed E-state index contributed by atoms with van der Waals surface area (Å²) in [5, 5.41) is 12.7. The van der Waals surface area contributed by atoms with Crippen LogP contribution >= 0.6 is 0 Å². The lowest BCUT2D eigenvalue weighted by atomic mass is 10.1. The Morgan fingerprint density at radius 2 is 1.91 bits per heavy atom. The van der Waals surface area contributed by atoms with Crippen molar-refractivity contribution in [2.75, 3.05) is 18.4 Å². The summed E-state index contributed by atoms with van der Waals surface area (Å²) in [6.07, 6.45) is 2.31. The van der Waals surface area contributed by atoms with Gasteiger partial charge in [0, 0.05) is 18.7 Å². The van der Waals surface area contributed by atoms with Crippen LogP contribution in [-0.4, -0.2) is 50.2 Å². The van der Waals surface area contributed by atoms with Crippen LogP contribution in [0.5, 0.6) is 0 Å². The van der Waals surface area contributed by atoms with Crippen molar-refractivity contribution in [1.82, 2.24) is 14.5 Å². The van der Waals surface area contributed by atoms with E-state index in [-0.39, 0.29) is 24.6 Å². The van der Waals surface area contributed by atoms with E-state index in [2.05, 4.69) is 9.88 Å². The van der Waals surface area contributed by atoms with E-state index < -0.39 is 5.60 Å². The molecule has 0 aliphatic carbocycles. The second-order valence-electron chi connectivity index (χ2n) is 10.1. The van der Waals surface area contributed by atoms with Gasteiger partial charge in [-0.2, -0.15) is 0 Å². The highest BCUT2D eigenvalue weighted by Crippen LogP contribution is 2.33. The molecule has 2 amide bonds. The minimum absolute atomic E-state index is 0.0921. The van der Waals surface area contributed by atoms with Gasteiger partial charge in [0.2, 0.25) is 5.95 Å². The second-order valence-corrected chi connectivity index (χ2v) is 10.1. The van der Waals surface area contributed by atoms with Gasteiger partial charge >= 0.3 is 6.09 Å². The molecule has 0 unspecified atom stereocenters. The molecule has 1 saturated heterocycles. The summed E-state index contributed by atoms with van der Waals surface area (Å²) in [6.45, 7) is 8.55. The number of benzene rings is 2. The summed E-state index contributed by atoms with van der Waals surface area (Å²) in [5.41, 5.74) is 3.26. The van der Waals surface area contributed by atoms with Crippen molar-refractivity contribution in [3.63, 3.8) is 0 Å². The fourth-order valence-corrected chi connectivity index (χ4v) is 4.63. The molecule has 1 aromatic heterocycles. The number of aryl methyl sites for hydroxylation is 1. The quantitative estimate of drug-likeness (QED) is 0.547. The highest BCUT2D eigenvalue weighted by Gasteiger charge is 2.30. The fraction of sp³-hybridized carbons (Fsp3) is 0.444. The molecule has 0 bridgehead atoms. The van der Waals surface area contributed by atoms with Gasteiger partial charge in [0.15, 0.2) is 0 Å². The number of nitrogens with zero attached hydrogens (tertiary/aromatic N) is 3. The minimum atomic E-state index is -0.577. The zero-order valence-electron chi connectivity index (χ0n) is 20.9. The lowest BCUT2D eigenvalue weighted by Crippen LogP contribution is -2.39. The van der Waals surface area contributed by atoms with Crippen LogP contribution in [0.4, 0.5) is 10.7 Å². The number of ether oxygens (including phenoxy) is 1. The number of rotatable bonds is 4. The Labute approximate surface area is 205 Å². The number of carbonyl (C=O) groups is 2. The molecule has 1 atom stereocenters. The first-order chi connectivity index (χ1) is 16.7. The molecular weight excluding hydrogens is 444 g/mol. The maximum atomic E-state index is 13.0. The van der Waals surface area contributed by atoms with Crippen LogP contribution in [-0.2, 0) is 11.3 Å².